The van der Waals surface area contributed by atoms with E-state index in [2.05, 4.69) is 11.6 Å². The second-order valence-electron chi connectivity index (χ2n) is 3.89. The van der Waals surface area contributed by atoms with Gasteiger partial charge in [-0.05, 0) is 37.8 Å². The number of hydrogen-bond donors (Lipinski definition) is 1. The molecule has 94 valence electrons. The molecule has 0 radical (unpaired) electrons. The Morgan fingerprint density at radius 1 is 1.41 bits per heavy atom. The highest BCUT2D eigenvalue weighted by atomic mass is 32.2. The predicted octanol–water partition coefficient (Wildman–Crippen LogP) is 3.46. The zero-order chi connectivity index (χ0) is 12.7. The van der Waals surface area contributed by atoms with Gasteiger partial charge in [0.15, 0.2) is 0 Å². The molecule has 0 bridgehead atoms. The van der Waals surface area contributed by atoms with E-state index >= 15 is 0 Å². The summed E-state index contributed by atoms with van der Waals surface area (Å²) in [6.07, 6.45) is 4.35. The summed E-state index contributed by atoms with van der Waals surface area (Å²) < 4.78 is 0. The van der Waals surface area contributed by atoms with Crippen molar-refractivity contribution in [1.82, 2.24) is 0 Å². The minimum Gasteiger partial charge on any atom is -0.385 e. The van der Waals surface area contributed by atoms with Crippen LogP contribution in [0.15, 0.2) is 18.2 Å². The highest BCUT2D eigenvalue weighted by Gasteiger charge is 2.10. The summed E-state index contributed by atoms with van der Waals surface area (Å²) in [5.74, 6) is 1.16. The van der Waals surface area contributed by atoms with Crippen molar-refractivity contribution in [3.05, 3.63) is 33.9 Å². The second kappa shape index (κ2) is 7.17. The van der Waals surface area contributed by atoms with Gasteiger partial charge in [-0.3, -0.25) is 10.1 Å². The number of benzene rings is 1. The first-order chi connectivity index (χ1) is 8.15. The molecule has 4 nitrogen and oxygen atoms in total. The average Bonchev–Trinajstić information content (AvgIpc) is 2.30. The van der Waals surface area contributed by atoms with Crippen molar-refractivity contribution in [1.29, 1.82) is 0 Å². The van der Waals surface area contributed by atoms with E-state index in [1.807, 2.05) is 17.8 Å². The fourth-order valence-electron chi connectivity index (χ4n) is 1.52. The molecule has 0 aliphatic rings. The molecule has 0 amide bonds. The van der Waals surface area contributed by atoms with Crippen molar-refractivity contribution in [3.8, 4) is 0 Å². The highest BCUT2D eigenvalue weighted by molar-refractivity contribution is 7.98. The number of aryl methyl sites for hydroxylation is 1. The fraction of sp³-hybridized carbons (Fsp3) is 0.500. The van der Waals surface area contributed by atoms with E-state index in [1.165, 1.54) is 6.42 Å². The Labute approximate surface area is 106 Å². The number of rotatable bonds is 7. The van der Waals surface area contributed by atoms with Crippen LogP contribution in [-0.2, 0) is 0 Å². The van der Waals surface area contributed by atoms with Crippen LogP contribution in [0, 0.1) is 17.0 Å². The Balaban J connectivity index is 2.49. The molecule has 0 unspecified atom stereocenters. The fourth-order valence-corrected chi connectivity index (χ4v) is 2.01. The smallest absolute Gasteiger partial charge is 0.274 e. The summed E-state index contributed by atoms with van der Waals surface area (Å²) in [7, 11) is 0. The van der Waals surface area contributed by atoms with Gasteiger partial charge in [0.05, 0.1) is 4.92 Å². The minimum atomic E-state index is -0.339. The molecule has 0 heterocycles. The van der Waals surface area contributed by atoms with Crippen LogP contribution in [0.25, 0.3) is 0 Å². The van der Waals surface area contributed by atoms with Gasteiger partial charge >= 0.3 is 0 Å². The lowest BCUT2D eigenvalue weighted by Gasteiger charge is -2.06. The summed E-state index contributed by atoms with van der Waals surface area (Å²) in [6, 6.07) is 5.27. The molecule has 1 N–H and O–H groups in total. The maximum absolute atomic E-state index is 10.8. The van der Waals surface area contributed by atoms with Crippen LogP contribution in [0.1, 0.15) is 18.4 Å². The molecular formula is C12H18N2O2S. The predicted molar refractivity (Wildman–Crippen MR) is 73.9 cm³/mol. The maximum atomic E-state index is 10.8. The van der Waals surface area contributed by atoms with Crippen LogP contribution in [0.5, 0.6) is 0 Å². The summed E-state index contributed by atoms with van der Waals surface area (Å²) in [6.45, 7) is 2.61. The van der Waals surface area contributed by atoms with Crippen molar-refractivity contribution >= 4 is 23.1 Å². The van der Waals surface area contributed by atoms with E-state index in [1.54, 1.807) is 19.1 Å². The number of hydrogen-bond acceptors (Lipinski definition) is 4. The molecule has 1 rings (SSSR count). The van der Waals surface area contributed by atoms with E-state index in [4.69, 9.17) is 0 Å². The largest absolute Gasteiger partial charge is 0.385 e. The van der Waals surface area contributed by atoms with Crippen LogP contribution in [-0.4, -0.2) is 23.5 Å². The molecule has 0 fully saturated rings. The third kappa shape index (κ3) is 4.65. The zero-order valence-corrected chi connectivity index (χ0v) is 11.0. The van der Waals surface area contributed by atoms with Gasteiger partial charge in [0.1, 0.15) is 0 Å². The van der Waals surface area contributed by atoms with Gasteiger partial charge in [-0.15, -0.1) is 0 Å². The number of nitro benzene ring substituents is 1. The Morgan fingerprint density at radius 3 is 2.82 bits per heavy atom. The number of nitrogens with zero attached hydrogens (tertiary/aromatic N) is 1. The standard InChI is InChI=1S/C12H18N2O2S/c1-10-5-6-11(9-12(10)14(15)16)13-7-3-4-8-17-2/h5-6,9,13H,3-4,7-8H2,1-2H3. The number of thioether (sulfide) groups is 1. The Morgan fingerprint density at radius 2 is 2.18 bits per heavy atom. The molecule has 1 aromatic rings. The molecular weight excluding hydrogens is 236 g/mol. The lowest BCUT2D eigenvalue weighted by molar-refractivity contribution is -0.385. The SMILES string of the molecule is CSCCCCNc1ccc(C)c([N+](=O)[O-])c1. The topological polar surface area (TPSA) is 55.2 Å². The summed E-state index contributed by atoms with van der Waals surface area (Å²) in [4.78, 5) is 10.4. The third-order valence-corrected chi connectivity index (χ3v) is 3.21. The molecule has 0 atom stereocenters. The first kappa shape index (κ1) is 13.8. The average molecular weight is 254 g/mol. The van der Waals surface area contributed by atoms with Gasteiger partial charge in [0.2, 0.25) is 0 Å². The van der Waals surface area contributed by atoms with E-state index in [0.29, 0.717) is 5.56 Å². The third-order valence-electron chi connectivity index (χ3n) is 2.51. The van der Waals surface area contributed by atoms with E-state index in [9.17, 15) is 10.1 Å². The van der Waals surface area contributed by atoms with Crippen LogP contribution < -0.4 is 5.32 Å². The minimum absolute atomic E-state index is 0.180. The van der Waals surface area contributed by atoms with Crippen LogP contribution in [0.2, 0.25) is 0 Å². The van der Waals surface area contributed by atoms with Gasteiger partial charge in [-0.2, -0.15) is 11.8 Å². The van der Waals surface area contributed by atoms with E-state index in [-0.39, 0.29) is 10.6 Å². The van der Waals surface area contributed by atoms with Crippen molar-refractivity contribution in [2.45, 2.75) is 19.8 Å². The molecule has 0 spiro atoms. The van der Waals surface area contributed by atoms with Crippen molar-refractivity contribution < 1.29 is 4.92 Å². The van der Waals surface area contributed by atoms with Gasteiger partial charge in [0, 0.05) is 23.9 Å². The number of anilines is 1. The first-order valence-corrected chi connectivity index (χ1v) is 7.02. The first-order valence-electron chi connectivity index (χ1n) is 5.63. The lowest BCUT2D eigenvalue weighted by Crippen LogP contribution is -2.03. The number of unbranched alkanes of at least 4 members (excludes halogenated alkanes) is 1. The normalized spacial score (nSPS) is 10.2. The van der Waals surface area contributed by atoms with E-state index in [0.717, 1.165) is 24.4 Å². The highest BCUT2D eigenvalue weighted by Crippen LogP contribution is 2.22. The second-order valence-corrected chi connectivity index (χ2v) is 4.87. The molecule has 5 heteroatoms. The summed E-state index contributed by atoms with van der Waals surface area (Å²) in [5, 5.41) is 14.0. The lowest BCUT2D eigenvalue weighted by atomic mass is 10.2. The molecule has 0 aliphatic heterocycles. The number of nitrogens with one attached hydrogen (secondary N) is 1. The van der Waals surface area contributed by atoms with Crippen LogP contribution in [0.3, 0.4) is 0 Å². The van der Waals surface area contributed by atoms with Crippen LogP contribution >= 0.6 is 11.8 Å². The van der Waals surface area contributed by atoms with Crippen molar-refractivity contribution in [3.63, 3.8) is 0 Å². The van der Waals surface area contributed by atoms with Crippen molar-refractivity contribution in [2.75, 3.05) is 23.9 Å². The summed E-state index contributed by atoms with van der Waals surface area (Å²) >= 11 is 1.84. The molecule has 0 aromatic heterocycles. The number of nitro groups is 1. The monoisotopic (exact) mass is 254 g/mol. The Hall–Kier alpha value is -1.23. The molecule has 1 aromatic carbocycles. The molecule has 0 saturated heterocycles. The molecule has 0 aliphatic carbocycles. The Bertz CT molecular complexity index is 383. The van der Waals surface area contributed by atoms with Gasteiger partial charge in [0.25, 0.3) is 5.69 Å². The van der Waals surface area contributed by atoms with Gasteiger partial charge in [-0.25, -0.2) is 0 Å². The van der Waals surface area contributed by atoms with Crippen LogP contribution in [0.4, 0.5) is 11.4 Å². The molecule has 17 heavy (non-hydrogen) atoms. The maximum Gasteiger partial charge on any atom is 0.274 e. The quantitative estimate of drug-likeness (QED) is 0.460. The summed E-state index contributed by atoms with van der Waals surface area (Å²) in [5.41, 5.74) is 1.70. The van der Waals surface area contributed by atoms with Crippen molar-refractivity contribution in [2.24, 2.45) is 0 Å². The van der Waals surface area contributed by atoms with Gasteiger partial charge < -0.3 is 5.32 Å². The molecule has 0 saturated carbocycles. The Kier molecular flexibility index (Phi) is 5.83. The van der Waals surface area contributed by atoms with E-state index < -0.39 is 0 Å². The zero-order valence-electron chi connectivity index (χ0n) is 10.2. The van der Waals surface area contributed by atoms with Gasteiger partial charge in [-0.1, -0.05) is 6.07 Å².